The molecular formula is C18H22IN. The van der Waals surface area contributed by atoms with Gasteiger partial charge in [-0.25, -0.2) is 0 Å². The minimum atomic E-state index is 0.533. The van der Waals surface area contributed by atoms with E-state index in [0.29, 0.717) is 6.04 Å². The predicted octanol–water partition coefficient (Wildman–Crippen LogP) is 4.44. The van der Waals surface area contributed by atoms with E-state index in [1.54, 1.807) is 0 Å². The van der Waals surface area contributed by atoms with E-state index < -0.39 is 0 Å². The fourth-order valence-corrected chi connectivity index (χ4v) is 2.69. The van der Waals surface area contributed by atoms with Crippen LogP contribution in [0.3, 0.4) is 0 Å². The Balaban J connectivity index is 1.65. The summed E-state index contributed by atoms with van der Waals surface area (Å²) in [5.74, 6) is 0. The zero-order valence-electron chi connectivity index (χ0n) is 12.0. The Morgan fingerprint density at radius 2 is 1.65 bits per heavy atom. The molecule has 0 spiro atoms. The molecule has 2 rings (SSSR count). The van der Waals surface area contributed by atoms with Crippen LogP contribution in [0, 0.1) is 3.57 Å². The SMILES string of the molecule is C[C@@H](Cc1ccc(I)cc1)NCCCc1ccccc1. The molecule has 0 bridgehead atoms. The van der Waals surface area contributed by atoms with Gasteiger partial charge in [-0.15, -0.1) is 0 Å². The largest absolute Gasteiger partial charge is 0.314 e. The van der Waals surface area contributed by atoms with Gasteiger partial charge in [0.15, 0.2) is 0 Å². The maximum Gasteiger partial charge on any atom is 0.0130 e. The summed E-state index contributed by atoms with van der Waals surface area (Å²) >= 11 is 2.35. The third-order valence-electron chi connectivity index (χ3n) is 3.43. The molecule has 0 aliphatic carbocycles. The molecule has 0 radical (unpaired) electrons. The standard InChI is InChI=1S/C18H22IN/c1-15(14-17-9-11-18(19)12-10-17)20-13-5-8-16-6-3-2-4-7-16/h2-4,6-7,9-12,15,20H,5,8,13-14H2,1H3/t15-/m0/s1. The zero-order valence-corrected chi connectivity index (χ0v) is 14.1. The molecule has 0 fully saturated rings. The first-order valence-electron chi connectivity index (χ1n) is 7.26. The van der Waals surface area contributed by atoms with Gasteiger partial charge < -0.3 is 5.32 Å². The van der Waals surface area contributed by atoms with Crippen molar-refractivity contribution in [3.05, 3.63) is 69.3 Å². The summed E-state index contributed by atoms with van der Waals surface area (Å²) < 4.78 is 1.30. The number of aryl methyl sites for hydroxylation is 1. The quantitative estimate of drug-likeness (QED) is 0.554. The smallest absolute Gasteiger partial charge is 0.0130 e. The second-order valence-corrected chi connectivity index (χ2v) is 6.52. The van der Waals surface area contributed by atoms with Gasteiger partial charge in [0, 0.05) is 9.61 Å². The van der Waals surface area contributed by atoms with E-state index in [1.807, 2.05) is 0 Å². The molecule has 0 aliphatic rings. The fraction of sp³-hybridized carbons (Fsp3) is 0.333. The van der Waals surface area contributed by atoms with Crippen LogP contribution in [0.2, 0.25) is 0 Å². The highest BCUT2D eigenvalue weighted by molar-refractivity contribution is 14.1. The number of nitrogens with one attached hydrogen (secondary N) is 1. The van der Waals surface area contributed by atoms with Crippen LogP contribution in [-0.4, -0.2) is 12.6 Å². The van der Waals surface area contributed by atoms with Crippen molar-refractivity contribution in [2.75, 3.05) is 6.54 Å². The molecule has 0 aromatic heterocycles. The van der Waals surface area contributed by atoms with Gasteiger partial charge in [-0.1, -0.05) is 42.5 Å². The van der Waals surface area contributed by atoms with Gasteiger partial charge in [-0.05, 0) is 78.6 Å². The molecule has 1 N–H and O–H groups in total. The molecule has 106 valence electrons. The Bertz CT molecular complexity index is 493. The third-order valence-corrected chi connectivity index (χ3v) is 4.15. The summed E-state index contributed by atoms with van der Waals surface area (Å²) in [4.78, 5) is 0. The van der Waals surface area contributed by atoms with Crippen molar-refractivity contribution in [1.29, 1.82) is 0 Å². The summed E-state index contributed by atoms with van der Waals surface area (Å²) in [6.45, 7) is 3.35. The van der Waals surface area contributed by atoms with Crippen LogP contribution in [0.1, 0.15) is 24.5 Å². The topological polar surface area (TPSA) is 12.0 Å². The summed E-state index contributed by atoms with van der Waals surface area (Å²) in [5, 5.41) is 3.61. The normalized spacial score (nSPS) is 12.3. The first-order chi connectivity index (χ1) is 9.74. The maximum atomic E-state index is 3.61. The number of rotatable bonds is 7. The molecule has 2 aromatic rings. The van der Waals surface area contributed by atoms with Gasteiger partial charge in [-0.3, -0.25) is 0 Å². The van der Waals surface area contributed by atoms with Crippen LogP contribution >= 0.6 is 22.6 Å². The average Bonchev–Trinajstić information content (AvgIpc) is 2.47. The molecule has 0 unspecified atom stereocenters. The highest BCUT2D eigenvalue weighted by Gasteiger charge is 2.02. The lowest BCUT2D eigenvalue weighted by Gasteiger charge is -2.14. The summed E-state index contributed by atoms with van der Waals surface area (Å²) in [7, 11) is 0. The highest BCUT2D eigenvalue weighted by atomic mass is 127. The van der Waals surface area contributed by atoms with Crippen LogP contribution in [-0.2, 0) is 12.8 Å². The lowest BCUT2D eigenvalue weighted by molar-refractivity contribution is 0.534. The maximum absolute atomic E-state index is 3.61. The van der Waals surface area contributed by atoms with Crippen LogP contribution in [0.5, 0.6) is 0 Å². The average molecular weight is 379 g/mol. The van der Waals surface area contributed by atoms with Crippen LogP contribution in [0.25, 0.3) is 0 Å². The summed E-state index contributed by atoms with van der Waals surface area (Å²) in [6, 6.07) is 20.1. The molecule has 0 aliphatic heterocycles. The molecule has 0 saturated heterocycles. The number of hydrogen-bond acceptors (Lipinski definition) is 1. The van der Waals surface area contributed by atoms with Gasteiger partial charge >= 0.3 is 0 Å². The molecule has 1 atom stereocenters. The minimum Gasteiger partial charge on any atom is -0.314 e. The van der Waals surface area contributed by atoms with Crippen LogP contribution < -0.4 is 5.32 Å². The van der Waals surface area contributed by atoms with E-state index in [4.69, 9.17) is 0 Å². The van der Waals surface area contributed by atoms with Gasteiger partial charge in [0.25, 0.3) is 0 Å². The molecular weight excluding hydrogens is 357 g/mol. The van der Waals surface area contributed by atoms with Gasteiger partial charge in [0.2, 0.25) is 0 Å². The molecule has 2 heteroatoms. The molecule has 0 saturated carbocycles. The van der Waals surface area contributed by atoms with E-state index in [-0.39, 0.29) is 0 Å². The van der Waals surface area contributed by atoms with E-state index in [1.165, 1.54) is 21.1 Å². The Labute approximate surface area is 135 Å². The van der Waals surface area contributed by atoms with Gasteiger partial charge in [-0.2, -0.15) is 0 Å². The number of benzene rings is 2. The second-order valence-electron chi connectivity index (χ2n) is 5.27. The monoisotopic (exact) mass is 379 g/mol. The highest BCUT2D eigenvalue weighted by Crippen LogP contribution is 2.09. The van der Waals surface area contributed by atoms with Crippen molar-refractivity contribution < 1.29 is 0 Å². The first-order valence-corrected chi connectivity index (χ1v) is 8.33. The number of hydrogen-bond donors (Lipinski definition) is 1. The van der Waals surface area contributed by atoms with Crippen molar-refractivity contribution in [2.24, 2.45) is 0 Å². The molecule has 2 aromatic carbocycles. The van der Waals surface area contributed by atoms with E-state index in [2.05, 4.69) is 89.4 Å². The van der Waals surface area contributed by atoms with Crippen molar-refractivity contribution in [3.63, 3.8) is 0 Å². The Kier molecular flexibility index (Phi) is 6.54. The third kappa shape index (κ3) is 5.63. The van der Waals surface area contributed by atoms with Crippen LogP contribution in [0.15, 0.2) is 54.6 Å². The number of halogens is 1. The molecule has 20 heavy (non-hydrogen) atoms. The minimum absolute atomic E-state index is 0.533. The molecule has 0 amide bonds. The Hall–Kier alpha value is -0.870. The molecule has 1 nitrogen and oxygen atoms in total. The lowest BCUT2D eigenvalue weighted by Crippen LogP contribution is -2.29. The summed E-state index contributed by atoms with van der Waals surface area (Å²) in [5.41, 5.74) is 2.84. The van der Waals surface area contributed by atoms with E-state index in [0.717, 1.165) is 19.4 Å². The second kappa shape index (κ2) is 8.42. The first kappa shape index (κ1) is 15.5. The van der Waals surface area contributed by atoms with E-state index >= 15 is 0 Å². The Morgan fingerprint density at radius 3 is 2.35 bits per heavy atom. The lowest BCUT2D eigenvalue weighted by atomic mass is 10.1. The van der Waals surface area contributed by atoms with Crippen molar-refractivity contribution >= 4 is 22.6 Å². The predicted molar refractivity (Wildman–Crippen MR) is 95.1 cm³/mol. The van der Waals surface area contributed by atoms with E-state index in [9.17, 15) is 0 Å². The van der Waals surface area contributed by atoms with Crippen molar-refractivity contribution in [1.82, 2.24) is 5.32 Å². The zero-order chi connectivity index (χ0) is 14.2. The van der Waals surface area contributed by atoms with Crippen molar-refractivity contribution in [3.8, 4) is 0 Å². The Morgan fingerprint density at radius 1 is 0.950 bits per heavy atom. The molecule has 0 heterocycles. The van der Waals surface area contributed by atoms with Gasteiger partial charge in [0.05, 0.1) is 0 Å². The van der Waals surface area contributed by atoms with Gasteiger partial charge in [0.1, 0.15) is 0 Å². The summed E-state index contributed by atoms with van der Waals surface area (Å²) in [6.07, 6.45) is 3.45. The van der Waals surface area contributed by atoms with Crippen molar-refractivity contribution in [2.45, 2.75) is 32.2 Å². The fourth-order valence-electron chi connectivity index (χ4n) is 2.33. The van der Waals surface area contributed by atoms with Crippen LogP contribution in [0.4, 0.5) is 0 Å².